The number of piperidine rings is 1. The molecule has 0 radical (unpaired) electrons. The van der Waals surface area contributed by atoms with E-state index in [-0.39, 0.29) is 18.5 Å². The van der Waals surface area contributed by atoms with E-state index in [2.05, 4.69) is 35.6 Å². The summed E-state index contributed by atoms with van der Waals surface area (Å²) in [4.78, 5) is 0. The third-order valence-electron chi connectivity index (χ3n) is 3.95. The molecule has 1 saturated heterocycles. The predicted molar refractivity (Wildman–Crippen MR) is 81.7 cm³/mol. The zero-order valence-electron chi connectivity index (χ0n) is 10.9. The summed E-state index contributed by atoms with van der Waals surface area (Å²) in [7, 11) is 0. The van der Waals surface area contributed by atoms with Crippen molar-refractivity contribution in [3.05, 3.63) is 48.0 Å². The molecule has 1 atom stereocenters. The first kappa shape index (κ1) is 14.3. The zero-order valence-corrected chi connectivity index (χ0v) is 11.7. The van der Waals surface area contributed by atoms with Crippen molar-refractivity contribution in [2.75, 3.05) is 13.1 Å². The van der Waals surface area contributed by atoms with Gasteiger partial charge in [-0.15, -0.1) is 12.4 Å². The lowest BCUT2D eigenvalue weighted by atomic mass is 9.87. The lowest BCUT2D eigenvalue weighted by Crippen LogP contribution is -2.30. The standard InChI is InChI=1S/C16H19NO.ClH/c18-16(13-7-9-17-10-8-13)15-6-5-12-3-1-2-4-14(12)11-15;/h1-6,11,13,16-18H,7-10H2;1H. The van der Waals surface area contributed by atoms with Crippen LogP contribution in [0.25, 0.3) is 10.8 Å². The lowest BCUT2D eigenvalue weighted by molar-refractivity contribution is 0.0890. The number of fused-ring (bicyclic) bond motifs is 1. The number of hydrogen-bond donors (Lipinski definition) is 2. The topological polar surface area (TPSA) is 32.3 Å². The molecule has 0 aromatic heterocycles. The minimum atomic E-state index is -0.322. The lowest BCUT2D eigenvalue weighted by Gasteiger charge is -2.27. The summed E-state index contributed by atoms with van der Waals surface area (Å²) in [5, 5.41) is 16.3. The Balaban J connectivity index is 0.00000133. The van der Waals surface area contributed by atoms with Crippen LogP contribution in [0.1, 0.15) is 24.5 Å². The Morgan fingerprint density at radius 1 is 1.00 bits per heavy atom. The minimum absolute atomic E-state index is 0. The van der Waals surface area contributed by atoms with Crippen molar-refractivity contribution in [1.29, 1.82) is 0 Å². The first-order valence-corrected chi connectivity index (χ1v) is 6.72. The monoisotopic (exact) mass is 277 g/mol. The van der Waals surface area contributed by atoms with Crippen LogP contribution in [0.4, 0.5) is 0 Å². The third-order valence-corrected chi connectivity index (χ3v) is 3.95. The Morgan fingerprint density at radius 3 is 2.42 bits per heavy atom. The quantitative estimate of drug-likeness (QED) is 0.883. The Bertz CT molecular complexity index is 537. The van der Waals surface area contributed by atoms with E-state index in [0.29, 0.717) is 5.92 Å². The molecule has 1 aliphatic heterocycles. The molecule has 3 rings (SSSR count). The molecule has 0 aliphatic carbocycles. The van der Waals surface area contributed by atoms with Gasteiger partial charge in [-0.05, 0) is 54.3 Å². The van der Waals surface area contributed by atoms with Gasteiger partial charge in [-0.25, -0.2) is 0 Å². The summed E-state index contributed by atoms with van der Waals surface area (Å²) in [5.41, 5.74) is 1.06. The molecule has 2 aromatic rings. The molecule has 2 N–H and O–H groups in total. The van der Waals surface area contributed by atoms with Crippen LogP contribution < -0.4 is 5.32 Å². The highest BCUT2D eigenvalue weighted by molar-refractivity contribution is 5.85. The molecule has 2 nitrogen and oxygen atoms in total. The summed E-state index contributed by atoms with van der Waals surface area (Å²) in [5.74, 6) is 0.396. The van der Waals surface area contributed by atoms with Gasteiger partial charge in [-0.3, -0.25) is 0 Å². The molecule has 0 bridgehead atoms. The molecule has 102 valence electrons. The number of nitrogens with one attached hydrogen (secondary N) is 1. The van der Waals surface area contributed by atoms with E-state index in [1.165, 1.54) is 10.8 Å². The van der Waals surface area contributed by atoms with Gasteiger partial charge in [-0.2, -0.15) is 0 Å². The average molecular weight is 278 g/mol. The van der Waals surface area contributed by atoms with Gasteiger partial charge in [0, 0.05) is 0 Å². The molecule has 3 heteroatoms. The number of benzene rings is 2. The fourth-order valence-corrected chi connectivity index (χ4v) is 2.82. The molecule has 0 spiro atoms. The summed E-state index contributed by atoms with van der Waals surface area (Å²) in [6, 6.07) is 14.6. The van der Waals surface area contributed by atoms with Crippen LogP contribution in [0.5, 0.6) is 0 Å². The Labute approximate surface area is 120 Å². The van der Waals surface area contributed by atoms with Crippen LogP contribution in [-0.2, 0) is 0 Å². The minimum Gasteiger partial charge on any atom is -0.388 e. The van der Waals surface area contributed by atoms with Crippen molar-refractivity contribution in [3.8, 4) is 0 Å². The maximum absolute atomic E-state index is 10.5. The van der Waals surface area contributed by atoms with Crippen LogP contribution >= 0.6 is 12.4 Å². The highest BCUT2D eigenvalue weighted by Gasteiger charge is 2.22. The number of rotatable bonds is 2. The normalized spacial score (nSPS) is 17.9. The van der Waals surface area contributed by atoms with Gasteiger partial charge >= 0.3 is 0 Å². The highest BCUT2D eigenvalue weighted by atomic mass is 35.5. The van der Waals surface area contributed by atoms with E-state index >= 15 is 0 Å². The molecule has 2 aromatic carbocycles. The van der Waals surface area contributed by atoms with Gasteiger partial charge in [0.15, 0.2) is 0 Å². The van der Waals surface area contributed by atoms with Gasteiger partial charge in [0.2, 0.25) is 0 Å². The van der Waals surface area contributed by atoms with E-state index in [9.17, 15) is 5.11 Å². The van der Waals surface area contributed by atoms with Gasteiger partial charge < -0.3 is 10.4 Å². The van der Waals surface area contributed by atoms with E-state index < -0.39 is 0 Å². The fraction of sp³-hybridized carbons (Fsp3) is 0.375. The summed E-state index contributed by atoms with van der Waals surface area (Å²) in [6.07, 6.45) is 1.80. The number of aliphatic hydroxyl groups excluding tert-OH is 1. The van der Waals surface area contributed by atoms with Crippen molar-refractivity contribution >= 4 is 23.2 Å². The molecular formula is C16H20ClNO. The van der Waals surface area contributed by atoms with E-state index in [1.54, 1.807) is 0 Å². The van der Waals surface area contributed by atoms with Crippen molar-refractivity contribution in [2.45, 2.75) is 18.9 Å². The zero-order chi connectivity index (χ0) is 12.4. The predicted octanol–water partition coefficient (Wildman–Crippen LogP) is 3.29. The van der Waals surface area contributed by atoms with Crippen LogP contribution in [0.3, 0.4) is 0 Å². The molecule has 19 heavy (non-hydrogen) atoms. The number of aliphatic hydroxyl groups is 1. The van der Waals surface area contributed by atoms with Gasteiger partial charge in [-0.1, -0.05) is 36.4 Å². The fourth-order valence-electron chi connectivity index (χ4n) is 2.82. The third kappa shape index (κ3) is 3.08. The van der Waals surface area contributed by atoms with E-state index in [1.807, 2.05) is 12.1 Å². The van der Waals surface area contributed by atoms with Crippen molar-refractivity contribution in [2.24, 2.45) is 5.92 Å². The summed E-state index contributed by atoms with van der Waals surface area (Å²) < 4.78 is 0. The van der Waals surface area contributed by atoms with E-state index in [0.717, 1.165) is 31.5 Å². The number of hydrogen-bond acceptors (Lipinski definition) is 2. The smallest absolute Gasteiger partial charge is 0.0819 e. The molecule has 1 heterocycles. The Kier molecular flexibility index (Phi) is 4.81. The van der Waals surface area contributed by atoms with Crippen molar-refractivity contribution in [1.82, 2.24) is 5.32 Å². The van der Waals surface area contributed by atoms with Crippen LogP contribution in [0.15, 0.2) is 42.5 Å². The summed E-state index contributed by atoms with van der Waals surface area (Å²) >= 11 is 0. The van der Waals surface area contributed by atoms with Crippen LogP contribution in [0, 0.1) is 5.92 Å². The molecule has 0 saturated carbocycles. The first-order chi connectivity index (χ1) is 8.84. The maximum atomic E-state index is 10.5. The molecule has 1 aliphatic rings. The first-order valence-electron chi connectivity index (χ1n) is 6.72. The second-order valence-corrected chi connectivity index (χ2v) is 5.14. The van der Waals surface area contributed by atoms with Crippen molar-refractivity contribution in [3.63, 3.8) is 0 Å². The van der Waals surface area contributed by atoms with Gasteiger partial charge in [0.25, 0.3) is 0 Å². The molecule has 0 amide bonds. The second-order valence-electron chi connectivity index (χ2n) is 5.14. The van der Waals surface area contributed by atoms with Crippen molar-refractivity contribution < 1.29 is 5.11 Å². The Morgan fingerprint density at radius 2 is 1.68 bits per heavy atom. The summed E-state index contributed by atoms with van der Waals surface area (Å²) in [6.45, 7) is 2.05. The molecule has 1 fully saturated rings. The van der Waals surface area contributed by atoms with Crippen LogP contribution in [-0.4, -0.2) is 18.2 Å². The second kappa shape index (κ2) is 6.38. The number of halogens is 1. The van der Waals surface area contributed by atoms with Crippen LogP contribution in [0.2, 0.25) is 0 Å². The highest BCUT2D eigenvalue weighted by Crippen LogP contribution is 2.30. The molecular weight excluding hydrogens is 258 g/mol. The van der Waals surface area contributed by atoms with Gasteiger partial charge in [0.1, 0.15) is 0 Å². The maximum Gasteiger partial charge on any atom is 0.0819 e. The largest absolute Gasteiger partial charge is 0.388 e. The molecule has 1 unspecified atom stereocenters. The average Bonchev–Trinajstić information content (AvgIpc) is 2.47. The SMILES string of the molecule is Cl.OC(c1ccc2ccccc2c1)C1CCNCC1. The van der Waals surface area contributed by atoms with Gasteiger partial charge in [0.05, 0.1) is 6.10 Å². The van der Waals surface area contributed by atoms with E-state index in [4.69, 9.17) is 0 Å². The Hall–Kier alpha value is -1.09.